The van der Waals surface area contributed by atoms with Gasteiger partial charge in [-0.15, -0.1) is 0 Å². The number of nitrogens with one attached hydrogen (secondary N) is 3. The SMILES string of the molecule is O=C(NC1CCCCC1)C(=O)Nn1c(C(=O)Nc2cc(Cl)cc(Cl)c2)cc2cc(Br)ccc21. The minimum Gasteiger partial charge on any atom is -0.345 e. The van der Waals surface area contributed by atoms with Crippen molar-refractivity contribution in [3.63, 3.8) is 0 Å². The minimum atomic E-state index is -0.846. The van der Waals surface area contributed by atoms with E-state index in [0.717, 1.165) is 36.6 Å². The molecule has 172 valence electrons. The van der Waals surface area contributed by atoms with Crippen LogP contribution in [0.3, 0.4) is 0 Å². The number of carbonyl (C=O) groups excluding carboxylic acids is 3. The summed E-state index contributed by atoms with van der Waals surface area (Å²) in [5.74, 6) is -2.08. The highest BCUT2D eigenvalue weighted by Crippen LogP contribution is 2.26. The number of nitrogens with zero attached hydrogens (tertiary/aromatic N) is 1. The zero-order chi connectivity index (χ0) is 23.5. The summed E-state index contributed by atoms with van der Waals surface area (Å²) in [6.45, 7) is 0. The van der Waals surface area contributed by atoms with Gasteiger partial charge in [-0.3, -0.25) is 19.8 Å². The van der Waals surface area contributed by atoms with Gasteiger partial charge in [-0.25, -0.2) is 4.68 Å². The molecule has 3 aromatic rings. The summed E-state index contributed by atoms with van der Waals surface area (Å²) in [6, 6.07) is 11.6. The first-order chi connectivity index (χ1) is 15.8. The van der Waals surface area contributed by atoms with Gasteiger partial charge in [0.25, 0.3) is 5.91 Å². The molecule has 1 fully saturated rings. The van der Waals surface area contributed by atoms with Gasteiger partial charge in [-0.1, -0.05) is 58.4 Å². The van der Waals surface area contributed by atoms with Crippen molar-refractivity contribution in [1.29, 1.82) is 0 Å². The highest BCUT2D eigenvalue weighted by atomic mass is 79.9. The van der Waals surface area contributed by atoms with Crippen LogP contribution in [-0.4, -0.2) is 28.4 Å². The Kier molecular flexibility index (Phi) is 7.26. The number of benzene rings is 2. The normalized spacial score (nSPS) is 14.2. The third kappa shape index (κ3) is 5.69. The Hall–Kier alpha value is -2.55. The van der Waals surface area contributed by atoms with Crippen molar-refractivity contribution in [2.24, 2.45) is 0 Å². The van der Waals surface area contributed by atoms with Crippen molar-refractivity contribution in [1.82, 2.24) is 9.99 Å². The number of halogens is 3. The molecular weight excluding hydrogens is 531 g/mol. The molecule has 0 unspecified atom stereocenters. The molecule has 3 N–H and O–H groups in total. The molecule has 0 spiro atoms. The van der Waals surface area contributed by atoms with Crippen LogP contribution < -0.4 is 16.1 Å². The molecule has 1 saturated carbocycles. The topological polar surface area (TPSA) is 92.2 Å². The molecule has 4 rings (SSSR count). The third-order valence-electron chi connectivity index (χ3n) is 5.48. The molecule has 1 aliphatic rings. The lowest BCUT2D eigenvalue weighted by Crippen LogP contribution is -2.44. The summed E-state index contributed by atoms with van der Waals surface area (Å²) in [7, 11) is 0. The number of anilines is 1. The molecule has 7 nitrogen and oxygen atoms in total. The number of rotatable bonds is 4. The Morgan fingerprint density at radius 2 is 1.61 bits per heavy atom. The highest BCUT2D eigenvalue weighted by Gasteiger charge is 2.23. The summed E-state index contributed by atoms with van der Waals surface area (Å²) < 4.78 is 2.12. The first kappa shape index (κ1) is 23.6. The average Bonchev–Trinajstić information content (AvgIpc) is 3.11. The van der Waals surface area contributed by atoms with Crippen LogP contribution in [0.2, 0.25) is 10.0 Å². The molecule has 0 aliphatic heterocycles. The highest BCUT2D eigenvalue weighted by molar-refractivity contribution is 9.10. The van der Waals surface area contributed by atoms with Crippen molar-refractivity contribution in [3.05, 3.63) is 62.7 Å². The van der Waals surface area contributed by atoms with E-state index in [-0.39, 0.29) is 11.7 Å². The van der Waals surface area contributed by atoms with Crippen molar-refractivity contribution in [2.45, 2.75) is 38.1 Å². The Morgan fingerprint density at radius 3 is 2.30 bits per heavy atom. The summed E-state index contributed by atoms with van der Waals surface area (Å²) in [5, 5.41) is 6.96. The third-order valence-corrected chi connectivity index (χ3v) is 6.41. The van der Waals surface area contributed by atoms with Gasteiger partial charge in [-0.2, -0.15) is 0 Å². The molecule has 33 heavy (non-hydrogen) atoms. The molecule has 1 heterocycles. The van der Waals surface area contributed by atoms with Gasteiger partial charge >= 0.3 is 11.8 Å². The van der Waals surface area contributed by atoms with E-state index in [4.69, 9.17) is 23.2 Å². The van der Waals surface area contributed by atoms with E-state index >= 15 is 0 Å². The molecule has 1 aliphatic carbocycles. The fourth-order valence-electron chi connectivity index (χ4n) is 3.95. The molecular formula is C23H21BrCl2N4O3. The zero-order valence-corrected chi connectivity index (χ0v) is 20.6. The van der Waals surface area contributed by atoms with Crippen LogP contribution in [0.5, 0.6) is 0 Å². The summed E-state index contributed by atoms with van der Waals surface area (Å²) in [4.78, 5) is 38.3. The van der Waals surface area contributed by atoms with E-state index < -0.39 is 17.7 Å². The van der Waals surface area contributed by atoms with Crippen molar-refractivity contribution >= 4 is 73.4 Å². The van der Waals surface area contributed by atoms with E-state index in [1.807, 2.05) is 6.07 Å². The predicted octanol–water partition coefficient (Wildman–Crippen LogP) is 5.48. The van der Waals surface area contributed by atoms with E-state index in [2.05, 4.69) is 32.0 Å². The number of carbonyl (C=O) groups is 3. The Bertz CT molecular complexity index is 1220. The van der Waals surface area contributed by atoms with Crippen molar-refractivity contribution < 1.29 is 14.4 Å². The van der Waals surface area contributed by atoms with Crippen LogP contribution in [0.1, 0.15) is 42.6 Å². The molecule has 3 amide bonds. The number of hydrogen-bond donors (Lipinski definition) is 3. The average molecular weight is 552 g/mol. The van der Waals surface area contributed by atoms with Gasteiger partial charge in [-0.05, 0) is 55.3 Å². The van der Waals surface area contributed by atoms with Crippen LogP contribution in [0.15, 0.2) is 46.9 Å². The van der Waals surface area contributed by atoms with Gasteiger partial charge in [0, 0.05) is 31.6 Å². The molecule has 1 aromatic heterocycles. The number of aromatic nitrogens is 1. The molecule has 0 bridgehead atoms. The molecule has 10 heteroatoms. The van der Waals surface area contributed by atoms with Gasteiger partial charge in [0.1, 0.15) is 5.69 Å². The first-order valence-corrected chi connectivity index (χ1v) is 12.1. The van der Waals surface area contributed by atoms with Crippen molar-refractivity contribution in [2.75, 3.05) is 10.7 Å². The lowest BCUT2D eigenvalue weighted by Gasteiger charge is -2.22. The van der Waals surface area contributed by atoms with Gasteiger partial charge < -0.3 is 10.6 Å². The predicted molar refractivity (Wildman–Crippen MR) is 133 cm³/mol. The van der Waals surface area contributed by atoms with Crippen molar-refractivity contribution in [3.8, 4) is 0 Å². The molecule has 0 saturated heterocycles. The van der Waals surface area contributed by atoms with E-state index in [1.165, 1.54) is 4.68 Å². The first-order valence-electron chi connectivity index (χ1n) is 10.5. The monoisotopic (exact) mass is 550 g/mol. The molecule has 0 atom stereocenters. The van der Waals surface area contributed by atoms with E-state index in [0.29, 0.717) is 26.6 Å². The Balaban J connectivity index is 1.60. The summed E-state index contributed by atoms with van der Waals surface area (Å²) in [5.41, 5.74) is 3.67. The Labute approximate surface area is 208 Å². The quantitative estimate of drug-likeness (QED) is 0.375. The largest absolute Gasteiger partial charge is 0.345 e. The number of hydrogen-bond acceptors (Lipinski definition) is 3. The summed E-state index contributed by atoms with van der Waals surface area (Å²) in [6.07, 6.45) is 4.91. The van der Waals surface area contributed by atoms with E-state index in [9.17, 15) is 14.4 Å². The fourth-order valence-corrected chi connectivity index (χ4v) is 4.85. The van der Waals surface area contributed by atoms with Gasteiger partial charge in [0.15, 0.2) is 0 Å². The van der Waals surface area contributed by atoms with Crippen LogP contribution >= 0.6 is 39.1 Å². The maximum Gasteiger partial charge on any atom is 0.328 e. The number of amides is 3. The second kappa shape index (κ2) is 10.2. The van der Waals surface area contributed by atoms with Crippen LogP contribution in [0, 0.1) is 0 Å². The maximum atomic E-state index is 13.1. The van der Waals surface area contributed by atoms with E-state index in [1.54, 1.807) is 36.4 Å². The lowest BCUT2D eigenvalue weighted by molar-refractivity contribution is -0.137. The molecule has 2 aromatic carbocycles. The van der Waals surface area contributed by atoms with Gasteiger partial charge in [0.2, 0.25) is 0 Å². The Morgan fingerprint density at radius 1 is 0.909 bits per heavy atom. The standard InChI is InChI=1S/C23H21BrCl2N4O3/c24-14-6-7-19-13(8-14)9-20(21(31)28-18-11-15(25)10-16(26)12-18)30(19)29-23(33)22(32)27-17-4-2-1-3-5-17/h6-12,17H,1-5H2,(H,27,32)(H,28,31)(H,29,33). The van der Waals surface area contributed by atoms with Crippen LogP contribution in [-0.2, 0) is 9.59 Å². The lowest BCUT2D eigenvalue weighted by atomic mass is 9.95. The maximum absolute atomic E-state index is 13.1. The molecule has 0 radical (unpaired) electrons. The van der Waals surface area contributed by atoms with Gasteiger partial charge in [0.05, 0.1) is 5.52 Å². The van der Waals surface area contributed by atoms with Crippen LogP contribution in [0.4, 0.5) is 5.69 Å². The second-order valence-corrected chi connectivity index (χ2v) is 9.72. The zero-order valence-electron chi connectivity index (χ0n) is 17.5. The fraction of sp³-hybridized carbons (Fsp3) is 0.261. The van der Waals surface area contributed by atoms with Crippen LogP contribution in [0.25, 0.3) is 10.9 Å². The second-order valence-electron chi connectivity index (χ2n) is 7.93. The smallest absolute Gasteiger partial charge is 0.328 e. The minimum absolute atomic E-state index is 0.00953. The number of fused-ring (bicyclic) bond motifs is 1. The summed E-state index contributed by atoms with van der Waals surface area (Å²) >= 11 is 15.5.